The summed E-state index contributed by atoms with van der Waals surface area (Å²) < 4.78 is 6.36. The average molecular weight is 406 g/mol. The minimum atomic E-state index is 0.0790. The molecule has 0 N–H and O–H groups in total. The Morgan fingerprint density at radius 1 is 0.806 bits per heavy atom. The summed E-state index contributed by atoms with van der Waals surface area (Å²) in [4.78, 5) is 9.22. The Morgan fingerprint density at radius 3 is 2.32 bits per heavy atom. The Bertz CT molecular complexity index is 1450. The molecule has 0 aliphatic carbocycles. The molecular weight excluding hydrogens is 382 g/mol. The fraction of sp³-hybridized carbons (Fsp3) is 0.148. The first-order chi connectivity index (χ1) is 15.1. The van der Waals surface area contributed by atoms with Crippen LogP contribution in [0.2, 0.25) is 0 Å². The van der Waals surface area contributed by atoms with Gasteiger partial charge < -0.3 is 14.2 Å². The number of fused-ring (bicyclic) bond motifs is 6. The Balaban J connectivity index is 1.70. The molecule has 2 aromatic heterocycles. The third-order valence-electron chi connectivity index (χ3n) is 6.51. The second kappa shape index (κ2) is 6.61. The summed E-state index contributed by atoms with van der Waals surface area (Å²) in [5.74, 6) is 0. The second-order valence-electron chi connectivity index (χ2n) is 8.21. The first kappa shape index (κ1) is 18.0. The molecule has 31 heavy (non-hydrogen) atoms. The summed E-state index contributed by atoms with van der Waals surface area (Å²) in [6.07, 6.45) is 1.86. The van der Waals surface area contributed by atoms with Crippen molar-refractivity contribution in [3.05, 3.63) is 84.6 Å². The van der Waals surface area contributed by atoms with Crippen LogP contribution in [0.25, 0.3) is 33.2 Å². The van der Waals surface area contributed by atoms with Crippen LogP contribution in [-0.2, 0) is 0 Å². The summed E-state index contributed by atoms with van der Waals surface area (Å²) in [6, 6.07) is 25.7. The number of hydrogen-bond donors (Lipinski definition) is 0. The van der Waals surface area contributed by atoms with Gasteiger partial charge in [-0.05, 0) is 43.7 Å². The molecule has 0 unspecified atom stereocenters. The number of rotatable bonds is 1. The summed E-state index contributed by atoms with van der Waals surface area (Å²) in [6.45, 7) is 4.40. The molecule has 0 radical (unpaired) electrons. The van der Waals surface area contributed by atoms with Gasteiger partial charge in [-0.25, -0.2) is 4.98 Å². The van der Waals surface area contributed by atoms with Gasteiger partial charge in [-0.15, -0.1) is 0 Å². The highest BCUT2D eigenvalue weighted by atomic mass is 16.3. The number of furan rings is 1. The van der Waals surface area contributed by atoms with Gasteiger partial charge in [0, 0.05) is 40.8 Å². The maximum atomic E-state index is 6.36. The van der Waals surface area contributed by atoms with Gasteiger partial charge >= 0.3 is 0 Å². The van der Waals surface area contributed by atoms with E-state index in [1.165, 1.54) is 28.1 Å². The zero-order valence-electron chi connectivity index (χ0n) is 17.8. The monoisotopic (exact) mass is 405 g/mol. The van der Waals surface area contributed by atoms with Gasteiger partial charge in [-0.3, -0.25) is 0 Å². The zero-order chi connectivity index (χ0) is 21.1. The van der Waals surface area contributed by atoms with Crippen molar-refractivity contribution in [2.75, 3.05) is 16.8 Å². The van der Waals surface area contributed by atoms with Gasteiger partial charge in [-0.1, -0.05) is 48.5 Å². The van der Waals surface area contributed by atoms with Crippen LogP contribution < -0.4 is 9.80 Å². The van der Waals surface area contributed by atoms with E-state index < -0.39 is 0 Å². The molecule has 1 atom stereocenters. The molecule has 0 saturated carbocycles. The molecule has 5 aromatic rings. The molecule has 0 bridgehead atoms. The van der Waals surface area contributed by atoms with Crippen LogP contribution in [0.3, 0.4) is 0 Å². The molecule has 0 saturated heterocycles. The first-order valence-corrected chi connectivity index (χ1v) is 10.6. The second-order valence-corrected chi connectivity index (χ2v) is 8.21. The van der Waals surface area contributed by atoms with E-state index in [1.807, 2.05) is 6.07 Å². The topological polar surface area (TPSA) is 32.5 Å². The lowest BCUT2D eigenvalue weighted by Crippen LogP contribution is -2.42. The largest absolute Gasteiger partial charge is 0.435 e. The Morgan fingerprint density at radius 2 is 1.52 bits per heavy atom. The van der Waals surface area contributed by atoms with E-state index in [0.29, 0.717) is 5.71 Å². The van der Waals surface area contributed by atoms with Crippen molar-refractivity contribution >= 4 is 39.1 Å². The molecule has 0 amide bonds. The number of aromatic nitrogens is 1. The predicted octanol–water partition coefficient (Wildman–Crippen LogP) is 6.89. The Kier molecular flexibility index (Phi) is 3.84. The summed E-state index contributed by atoms with van der Waals surface area (Å²) >= 11 is 0. The molecule has 1 aliphatic heterocycles. The molecule has 6 rings (SSSR count). The number of nitrogens with zero attached hydrogens (tertiary/aromatic N) is 3. The lowest BCUT2D eigenvalue weighted by atomic mass is 10.0. The third kappa shape index (κ3) is 2.51. The normalized spacial score (nSPS) is 15.8. The van der Waals surface area contributed by atoms with Crippen molar-refractivity contribution in [3.63, 3.8) is 0 Å². The van der Waals surface area contributed by atoms with Gasteiger partial charge in [0.05, 0.1) is 11.4 Å². The van der Waals surface area contributed by atoms with E-state index in [2.05, 4.69) is 102 Å². The molecule has 0 fully saturated rings. The van der Waals surface area contributed by atoms with E-state index in [4.69, 9.17) is 4.42 Å². The number of para-hydroxylation sites is 2. The van der Waals surface area contributed by atoms with Crippen LogP contribution in [0.15, 0.2) is 83.4 Å². The zero-order valence-corrected chi connectivity index (χ0v) is 17.8. The Hall–Kier alpha value is -3.79. The lowest BCUT2D eigenvalue weighted by Gasteiger charge is -2.37. The van der Waals surface area contributed by atoms with Crippen molar-refractivity contribution in [1.82, 2.24) is 4.98 Å². The molecule has 152 valence electrons. The number of hydrogen-bond acceptors (Lipinski definition) is 4. The van der Waals surface area contributed by atoms with Crippen LogP contribution in [0.4, 0.5) is 17.1 Å². The van der Waals surface area contributed by atoms with Gasteiger partial charge in [-0.2, -0.15) is 0 Å². The van der Waals surface area contributed by atoms with Gasteiger partial charge in [0.15, 0.2) is 5.58 Å². The number of anilines is 3. The van der Waals surface area contributed by atoms with Crippen molar-refractivity contribution in [2.45, 2.75) is 20.0 Å². The van der Waals surface area contributed by atoms with Crippen molar-refractivity contribution in [1.29, 1.82) is 0 Å². The standard InChI is InChI=1S/C27H23N3O/c1-17-14-15-21-22-11-8-16-28-27(22)31-26(21)25(17)30-18(2)29(3)23-12-6-4-9-19(23)20-10-5-7-13-24(20)30/h4-16,18H,1-3H3/t18-/m0/s1. The van der Waals surface area contributed by atoms with Crippen molar-refractivity contribution < 1.29 is 4.42 Å². The smallest absolute Gasteiger partial charge is 0.227 e. The van der Waals surface area contributed by atoms with Crippen LogP contribution in [0.1, 0.15) is 12.5 Å². The fourth-order valence-electron chi connectivity index (χ4n) is 4.86. The Labute approximate surface area is 181 Å². The van der Waals surface area contributed by atoms with E-state index >= 15 is 0 Å². The number of aryl methyl sites for hydroxylation is 1. The molecule has 3 aromatic carbocycles. The van der Waals surface area contributed by atoms with Crippen LogP contribution in [0, 0.1) is 6.92 Å². The van der Waals surface area contributed by atoms with E-state index in [9.17, 15) is 0 Å². The molecule has 4 nitrogen and oxygen atoms in total. The molecule has 3 heterocycles. The molecular formula is C27H23N3O. The number of pyridine rings is 1. The minimum absolute atomic E-state index is 0.0790. The predicted molar refractivity (Wildman–Crippen MR) is 128 cm³/mol. The van der Waals surface area contributed by atoms with E-state index in [1.54, 1.807) is 6.20 Å². The quantitative estimate of drug-likeness (QED) is 0.304. The van der Waals surface area contributed by atoms with Crippen LogP contribution in [-0.4, -0.2) is 18.2 Å². The third-order valence-corrected chi connectivity index (χ3v) is 6.51. The summed E-state index contributed by atoms with van der Waals surface area (Å²) in [7, 11) is 2.16. The highest BCUT2D eigenvalue weighted by molar-refractivity contribution is 6.10. The number of benzene rings is 3. The van der Waals surface area contributed by atoms with E-state index in [0.717, 1.165) is 22.0 Å². The van der Waals surface area contributed by atoms with E-state index in [-0.39, 0.29) is 6.17 Å². The van der Waals surface area contributed by atoms with Crippen LogP contribution >= 0.6 is 0 Å². The summed E-state index contributed by atoms with van der Waals surface area (Å²) in [5, 5.41) is 2.14. The fourth-order valence-corrected chi connectivity index (χ4v) is 4.86. The maximum Gasteiger partial charge on any atom is 0.227 e. The van der Waals surface area contributed by atoms with Crippen LogP contribution in [0.5, 0.6) is 0 Å². The highest BCUT2D eigenvalue weighted by Gasteiger charge is 2.31. The molecule has 0 spiro atoms. The van der Waals surface area contributed by atoms with Crippen molar-refractivity contribution in [2.24, 2.45) is 0 Å². The van der Waals surface area contributed by atoms with Gasteiger partial charge in [0.2, 0.25) is 5.71 Å². The average Bonchev–Trinajstić information content (AvgIpc) is 3.15. The maximum absolute atomic E-state index is 6.36. The minimum Gasteiger partial charge on any atom is -0.435 e. The molecule has 1 aliphatic rings. The van der Waals surface area contributed by atoms with Gasteiger partial charge in [0.25, 0.3) is 0 Å². The summed E-state index contributed by atoms with van der Waals surface area (Å²) in [5.41, 5.74) is 8.69. The first-order valence-electron chi connectivity index (χ1n) is 10.6. The SMILES string of the molecule is Cc1ccc2c(oc3ncccc32)c1N1c2ccccc2-c2ccccc2N(C)[C@@H]1C. The van der Waals surface area contributed by atoms with Gasteiger partial charge in [0.1, 0.15) is 6.17 Å². The van der Waals surface area contributed by atoms with Crippen molar-refractivity contribution in [3.8, 4) is 11.1 Å². The molecule has 4 heteroatoms. The highest BCUT2D eigenvalue weighted by Crippen LogP contribution is 2.48. The lowest BCUT2D eigenvalue weighted by molar-refractivity contribution is 0.644.